The van der Waals surface area contributed by atoms with Gasteiger partial charge in [0.25, 0.3) is 17.7 Å². The van der Waals surface area contributed by atoms with Gasteiger partial charge in [0.2, 0.25) is 0 Å². The van der Waals surface area contributed by atoms with E-state index in [4.69, 9.17) is 0 Å². The van der Waals surface area contributed by atoms with Gasteiger partial charge >= 0.3 is 0 Å². The summed E-state index contributed by atoms with van der Waals surface area (Å²) in [6.07, 6.45) is 3.56. The predicted molar refractivity (Wildman–Crippen MR) is 139 cm³/mol. The normalized spacial score (nSPS) is 19.7. The number of nitrogens with one attached hydrogen (secondary N) is 2. The number of amides is 2. The van der Waals surface area contributed by atoms with E-state index < -0.39 is 42.3 Å². The third-order valence-electron chi connectivity index (χ3n) is 6.90. The molecule has 8 nitrogen and oxygen atoms in total. The Hall–Kier alpha value is -2.66. The number of halogens is 2. The lowest BCUT2D eigenvalue weighted by atomic mass is 9.98. The highest BCUT2D eigenvalue weighted by Crippen LogP contribution is 2.42. The van der Waals surface area contributed by atoms with E-state index in [1.54, 1.807) is 27.0 Å². The van der Waals surface area contributed by atoms with Crippen molar-refractivity contribution in [2.75, 3.05) is 18.4 Å². The molecule has 3 N–H and O–H groups in total. The summed E-state index contributed by atoms with van der Waals surface area (Å²) in [6, 6.07) is 1.22. The number of rotatable bonds is 8. The molecule has 1 aliphatic carbocycles. The van der Waals surface area contributed by atoms with Crippen LogP contribution in [-0.4, -0.2) is 68.0 Å². The molecule has 2 aliphatic rings. The smallest absolute Gasteiger partial charge is 0.280 e. The van der Waals surface area contributed by atoms with Crippen molar-refractivity contribution < 1.29 is 23.5 Å². The van der Waals surface area contributed by atoms with Gasteiger partial charge < -0.3 is 20.6 Å². The molecule has 2 aromatic rings. The number of hydrogen-bond donors (Lipinski definition) is 3. The lowest BCUT2D eigenvalue weighted by Crippen LogP contribution is -2.38. The summed E-state index contributed by atoms with van der Waals surface area (Å²) in [5, 5.41) is 16.1. The number of nitrogens with zero attached hydrogens (tertiary/aromatic N) is 3. The van der Waals surface area contributed by atoms with Gasteiger partial charge in [0.05, 0.1) is 17.0 Å². The molecule has 0 spiro atoms. The van der Waals surface area contributed by atoms with Crippen LogP contribution in [0.4, 0.5) is 14.6 Å². The van der Waals surface area contributed by atoms with Gasteiger partial charge in [-0.3, -0.25) is 9.59 Å². The van der Waals surface area contributed by atoms with Crippen molar-refractivity contribution in [3.63, 3.8) is 0 Å². The first kappa shape index (κ1) is 27.4. The van der Waals surface area contributed by atoms with Crippen molar-refractivity contribution in [1.82, 2.24) is 20.2 Å². The van der Waals surface area contributed by atoms with Crippen molar-refractivity contribution in [2.24, 2.45) is 5.92 Å². The average Bonchev–Trinajstić information content (AvgIpc) is 3.49. The van der Waals surface area contributed by atoms with E-state index in [1.165, 1.54) is 12.8 Å². The fourth-order valence-electron chi connectivity index (χ4n) is 4.64. The predicted octanol–water partition coefficient (Wildman–Crippen LogP) is 4.48. The summed E-state index contributed by atoms with van der Waals surface area (Å²) in [7, 11) is 0. The number of alkyl halides is 2. The largest absolute Gasteiger partial charge is 0.389 e. The highest BCUT2D eigenvalue weighted by Gasteiger charge is 2.46. The number of hydrogen-bond acceptors (Lipinski definition) is 7. The molecule has 202 valence electrons. The van der Waals surface area contributed by atoms with E-state index >= 15 is 0 Å². The molecule has 1 saturated heterocycles. The third kappa shape index (κ3) is 6.26. The minimum Gasteiger partial charge on any atom is -0.389 e. The number of carbonyl (C=O) groups excluding carboxylic acids is 2. The van der Waals surface area contributed by atoms with E-state index in [9.17, 15) is 23.5 Å². The van der Waals surface area contributed by atoms with Crippen LogP contribution in [0.1, 0.15) is 79.7 Å². The molecule has 0 bridgehead atoms. The van der Waals surface area contributed by atoms with E-state index in [1.807, 2.05) is 13.0 Å². The molecule has 1 saturated carbocycles. The van der Waals surface area contributed by atoms with Gasteiger partial charge in [0.15, 0.2) is 5.01 Å². The molecule has 11 heteroatoms. The minimum atomic E-state index is -2.97. The fraction of sp³-hybridized carbons (Fsp3) is 0.615. The number of aliphatic hydroxyl groups is 1. The van der Waals surface area contributed by atoms with Crippen LogP contribution in [0.3, 0.4) is 0 Å². The maximum atomic E-state index is 14.1. The Morgan fingerprint density at radius 1 is 1.27 bits per heavy atom. The Morgan fingerprint density at radius 2 is 1.95 bits per heavy atom. The van der Waals surface area contributed by atoms with Gasteiger partial charge in [-0.2, -0.15) is 0 Å². The second kappa shape index (κ2) is 9.58. The number of aryl methyl sites for hydroxylation is 1. The van der Waals surface area contributed by atoms with Crippen molar-refractivity contribution in [2.45, 2.75) is 83.9 Å². The first-order valence-electron chi connectivity index (χ1n) is 12.5. The Labute approximate surface area is 219 Å². The molecule has 2 amide bonds. The number of likely N-dealkylation sites (tertiary alicyclic amines) is 1. The molecule has 0 radical (unpaired) electrons. The van der Waals surface area contributed by atoms with Crippen molar-refractivity contribution in [1.29, 1.82) is 0 Å². The minimum absolute atomic E-state index is 0.0117. The summed E-state index contributed by atoms with van der Waals surface area (Å²) in [5.41, 5.74) is 0.130. The summed E-state index contributed by atoms with van der Waals surface area (Å²) in [4.78, 5) is 36.7. The maximum absolute atomic E-state index is 14.1. The maximum Gasteiger partial charge on any atom is 0.280 e. The van der Waals surface area contributed by atoms with Crippen LogP contribution in [0.2, 0.25) is 0 Å². The number of anilines is 1. The zero-order chi connectivity index (χ0) is 27.3. The van der Waals surface area contributed by atoms with Crippen molar-refractivity contribution in [3.05, 3.63) is 28.5 Å². The van der Waals surface area contributed by atoms with Crippen LogP contribution < -0.4 is 10.6 Å². The van der Waals surface area contributed by atoms with Gasteiger partial charge in [-0.05, 0) is 71.9 Å². The van der Waals surface area contributed by atoms with Crippen molar-refractivity contribution >= 4 is 29.0 Å². The van der Waals surface area contributed by atoms with E-state index in [0.29, 0.717) is 22.2 Å². The zero-order valence-corrected chi connectivity index (χ0v) is 22.9. The van der Waals surface area contributed by atoms with Gasteiger partial charge in [0, 0.05) is 36.3 Å². The Morgan fingerprint density at radius 3 is 2.49 bits per heavy atom. The molecule has 4 rings (SSSR count). The first-order chi connectivity index (χ1) is 17.1. The summed E-state index contributed by atoms with van der Waals surface area (Å²) in [5.74, 6) is -2.88. The molecular weight excluding hydrogens is 500 g/mol. The molecule has 37 heavy (non-hydrogen) atoms. The second-order valence-corrected chi connectivity index (χ2v) is 12.5. The average molecular weight is 536 g/mol. The van der Waals surface area contributed by atoms with E-state index in [0.717, 1.165) is 21.8 Å². The fourth-order valence-corrected chi connectivity index (χ4v) is 5.68. The van der Waals surface area contributed by atoms with Crippen molar-refractivity contribution in [3.8, 4) is 10.4 Å². The lowest BCUT2D eigenvalue weighted by Gasteiger charge is -2.27. The van der Waals surface area contributed by atoms with Gasteiger partial charge in [-0.25, -0.2) is 18.7 Å². The highest BCUT2D eigenvalue weighted by atomic mass is 32.1. The topological polar surface area (TPSA) is 107 Å². The van der Waals surface area contributed by atoms with Crippen LogP contribution >= 0.6 is 11.3 Å². The Kier molecular flexibility index (Phi) is 7.09. The van der Waals surface area contributed by atoms with Crippen LogP contribution in [0, 0.1) is 12.8 Å². The molecule has 0 aromatic carbocycles. The molecule has 3 heterocycles. The van der Waals surface area contributed by atoms with Crippen LogP contribution in [0.15, 0.2) is 12.3 Å². The molecule has 0 unspecified atom stereocenters. The molecule has 2 aromatic heterocycles. The molecule has 2 fully saturated rings. The highest BCUT2D eigenvalue weighted by molar-refractivity contribution is 7.17. The van der Waals surface area contributed by atoms with Gasteiger partial charge in [-0.1, -0.05) is 0 Å². The lowest BCUT2D eigenvalue weighted by molar-refractivity contribution is 0.0118. The van der Waals surface area contributed by atoms with Gasteiger partial charge in [-0.15, -0.1) is 11.3 Å². The number of thiazole rings is 1. The number of pyridine rings is 1. The quantitative estimate of drug-likeness (QED) is 0.460. The standard InChI is InChI=1S/C26H35F2N5O3S/c1-14-9-18(32-25(5,6)16-7-8-16)29-11-17(14)20-19(23(35)33-13-26(27,28)10-15(33)2)31-22(37-20)21(34)30-12-24(3,4)36/h9,11,15-16,36H,7-8,10,12-13H2,1-6H3,(H,29,32)(H,30,34)/t15-/m0/s1. The second-order valence-electron chi connectivity index (χ2n) is 11.5. The monoisotopic (exact) mass is 535 g/mol. The van der Waals surface area contributed by atoms with Crippen LogP contribution in [0.5, 0.6) is 0 Å². The zero-order valence-electron chi connectivity index (χ0n) is 22.1. The van der Waals surface area contributed by atoms with E-state index in [-0.39, 0.29) is 22.8 Å². The summed E-state index contributed by atoms with van der Waals surface area (Å²) in [6.45, 7) is 10.1. The third-order valence-corrected chi connectivity index (χ3v) is 7.99. The molecular formula is C26H35F2N5O3S. The number of aromatic nitrogens is 2. The van der Waals surface area contributed by atoms with Crippen LogP contribution in [0.25, 0.3) is 10.4 Å². The Bertz CT molecular complexity index is 1200. The molecule has 1 aliphatic heterocycles. The number of carbonyl (C=O) groups is 2. The summed E-state index contributed by atoms with van der Waals surface area (Å²) >= 11 is 1.01. The summed E-state index contributed by atoms with van der Waals surface area (Å²) < 4.78 is 28.2. The SMILES string of the molecule is Cc1cc(NC(C)(C)C2CC2)ncc1-c1sc(C(=O)NCC(C)(C)O)nc1C(=O)N1CC(F)(F)C[C@@H]1C. The molecule has 1 atom stereocenters. The van der Waals surface area contributed by atoms with E-state index in [2.05, 4.69) is 34.4 Å². The van der Waals surface area contributed by atoms with Crippen LogP contribution in [-0.2, 0) is 0 Å². The first-order valence-corrected chi connectivity index (χ1v) is 13.3. The van der Waals surface area contributed by atoms with Gasteiger partial charge in [0.1, 0.15) is 11.5 Å². The Balaban J connectivity index is 1.69.